The maximum absolute atomic E-state index is 12.1. The van der Waals surface area contributed by atoms with E-state index in [0.29, 0.717) is 12.1 Å². The van der Waals surface area contributed by atoms with Crippen molar-refractivity contribution in [2.24, 2.45) is 0 Å². The highest BCUT2D eigenvalue weighted by atomic mass is 16.1. The van der Waals surface area contributed by atoms with Crippen molar-refractivity contribution in [3.8, 4) is 11.3 Å². The highest BCUT2D eigenvalue weighted by Crippen LogP contribution is 2.20. The zero-order valence-electron chi connectivity index (χ0n) is 10.9. The first-order valence-electron chi connectivity index (χ1n) is 6.31. The minimum atomic E-state index is -0.0999. The van der Waals surface area contributed by atoms with Crippen molar-refractivity contribution in [3.05, 3.63) is 54.2 Å². The molecule has 0 saturated heterocycles. The number of hydrogen-bond donors (Lipinski definition) is 2. The molecule has 0 spiro atoms. The standard InChI is InChI=1S/C15H17N3O/c1-2-3-7-10-16-15(19)13-11-17-18-14(13)12-8-5-4-6-9-12/h2-6,8-9,11H,7,10H2,1H3,(H,16,19)(H,17,18)/b3-2+. The van der Waals surface area contributed by atoms with Gasteiger partial charge in [0, 0.05) is 12.1 Å². The summed E-state index contributed by atoms with van der Waals surface area (Å²) in [6.07, 6.45) is 6.39. The van der Waals surface area contributed by atoms with Crippen LogP contribution in [0.3, 0.4) is 0 Å². The molecule has 0 aliphatic heterocycles. The maximum Gasteiger partial charge on any atom is 0.255 e. The average molecular weight is 255 g/mol. The monoisotopic (exact) mass is 255 g/mol. The van der Waals surface area contributed by atoms with Gasteiger partial charge >= 0.3 is 0 Å². The van der Waals surface area contributed by atoms with Gasteiger partial charge in [-0.15, -0.1) is 0 Å². The second kappa shape index (κ2) is 6.54. The van der Waals surface area contributed by atoms with Gasteiger partial charge in [0.2, 0.25) is 0 Å². The zero-order chi connectivity index (χ0) is 13.5. The molecule has 19 heavy (non-hydrogen) atoms. The van der Waals surface area contributed by atoms with Gasteiger partial charge in [-0.3, -0.25) is 9.89 Å². The third-order valence-electron chi connectivity index (χ3n) is 2.78. The molecule has 98 valence electrons. The molecule has 1 amide bonds. The van der Waals surface area contributed by atoms with Crippen LogP contribution in [0.15, 0.2) is 48.7 Å². The van der Waals surface area contributed by atoms with Crippen molar-refractivity contribution in [1.29, 1.82) is 0 Å². The van der Waals surface area contributed by atoms with Crippen molar-refractivity contribution in [2.75, 3.05) is 6.54 Å². The van der Waals surface area contributed by atoms with Crippen molar-refractivity contribution in [1.82, 2.24) is 15.5 Å². The molecular weight excluding hydrogens is 238 g/mol. The Labute approximate surface area is 112 Å². The molecule has 1 aromatic heterocycles. The Morgan fingerprint density at radius 1 is 1.37 bits per heavy atom. The number of carbonyl (C=O) groups excluding carboxylic acids is 1. The van der Waals surface area contributed by atoms with Crippen molar-refractivity contribution >= 4 is 5.91 Å². The molecular formula is C15H17N3O. The number of amides is 1. The molecule has 4 heteroatoms. The molecule has 0 aliphatic rings. The van der Waals surface area contributed by atoms with E-state index in [1.165, 1.54) is 0 Å². The van der Waals surface area contributed by atoms with E-state index < -0.39 is 0 Å². The fraction of sp³-hybridized carbons (Fsp3) is 0.200. The number of hydrogen-bond acceptors (Lipinski definition) is 2. The first-order chi connectivity index (χ1) is 9.33. The number of rotatable bonds is 5. The van der Waals surface area contributed by atoms with E-state index in [0.717, 1.165) is 17.7 Å². The van der Waals surface area contributed by atoms with E-state index in [1.807, 2.05) is 49.4 Å². The summed E-state index contributed by atoms with van der Waals surface area (Å²) >= 11 is 0. The van der Waals surface area contributed by atoms with Gasteiger partial charge in [0.15, 0.2) is 0 Å². The SMILES string of the molecule is C/C=C/CCNC(=O)c1cn[nH]c1-c1ccccc1. The highest BCUT2D eigenvalue weighted by molar-refractivity contribution is 5.99. The minimum Gasteiger partial charge on any atom is -0.352 e. The van der Waals surface area contributed by atoms with Crippen LogP contribution >= 0.6 is 0 Å². The topological polar surface area (TPSA) is 57.8 Å². The minimum absolute atomic E-state index is 0.0999. The van der Waals surface area contributed by atoms with E-state index in [1.54, 1.807) is 6.20 Å². The number of benzene rings is 1. The number of nitrogens with zero attached hydrogens (tertiary/aromatic N) is 1. The van der Waals surface area contributed by atoms with Gasteiger partial charge in [0.05, 0.1) is 17.5 Å². The molecule has 2 N–H and O–H groups in total. The summed E-state index contributed by atoms with van der Waals surface area (Å²) in [5.74, 6) is -0.0999. The summed E-state index contributed by atoms with van der Waals surface area (Å²) in [5, 5.41) is 9.72. The summed E-state index contributed by atoms with van der Waals surface area (Å²) < 4.78 is 0. The molecule has 0 saturated carbocycles. The van der Waals surface area contributed by atoms with Crippen LogP contribution in [-0.2, 0) is 0 Å². The smallest absolute Gasteiger partial charge is 0.255 e. The summed E-state index contributed by atoms with van der Waals surface area (Å²) in [5.41, 5.74) is 2.29. The second-order valence-corrected chi connectivity index (χ2v) is 4.14. The van der Waals surface area contributed by atoms with Crippen LogP contribution in [0.25, 0.3) is 11.3 Å². The first-order valence-corrected chi connectivity index (χ1v) is 6.31. The van der Waals surface area contributed by atoms with Gasteiger partial charge in [0.1, 0.15) is 0 Å². The van der Waals surface area contributed by atoms with E-state index in [9.17, 15) is 4.79 Å². The van der Waals surface area contributed by atoms with Crippen LogP contribution < -0.4 is 5.32 Å². The van der Waals surface area contributed by atoms with Crippen LogP contribution in [0.1, 0.15) is 23.7 Å². The summed E-state index contributed by atoms with van der Waals surface area (Å²) in [6.45, 7) is 2.59. The highest BCUT2D eigenvalue weighted by Gasteiger charge is 2.14. The van der Waals surface area contributed by atoms with Crippen molar-refractivity contribution < 1.29 is 4.79 Å². The molecule has 0 unspecified atom stereocenters. The average Bonchev–Trinajstić information content (AvgIpc) is 2.94. The normalized spacial score (nSPS) is 10.8. The van der Waals surface area contributed by atoms with Crippen LogP contribution in [-0.4, -0.2) is 22.6 Å². The Kier molecular flexibility index (Phi) is 4.50. The lowest BCUT2D eigenvalue weighted by molar-refractivity contribution is 0.0955. The molecule has 2 aromatic rings. The Balaban J connectivity index is 2.09. The number of nitrogens with one attached hydrogen (secondary N) is 2. The van der Waals surface area contributed by atoms with Crippen molar-refractivity contribution in [2.45, 2.75) is 13.3 Å². The van der Waals surface area contributed by atoms with Crippen molar-refractivity contribution in [3.63, 3.8) is 0 Å². The first kappa shape index (κ1) is 13.1. The summed E-state index contributed by atoms with van der Waals surface area (Å²) in [7, 11) is 0. The van der Waals surface area contributed by atoms with Gasteiger partial charge in [-0.1, -0.05) is 42.5 Å². The molecule has 1 heterocycles. The largest absolute Gasteiger partial charge is 0.352 e. The second-order valence-electron chi connectivity index (χ2n) is 4.14. The molecule has 0 atom stereocenters. The van der Waals surface area contributed by atoms with Gasteiger partial charge in [-0.25, -0.2) is 0 Å². The predicted octanol–water partition coefficient (Wildman–Crippen LogP) is 2.77. The van der Waals surface area contributed by atoms with E-state index in [-0.39, 0.29) is 5.91 Å². The summed E-state index contributed by atoms with van der Waals surface area (Å²) in [4.78, 5) is 12.1. The van der Waals surface area contributed by atoms with Crippen LogP contribution in [0.2, 0.25) is 0 Å². The molecule has 0 aliphatic carbocycles. The lowest BCUT2D eigenvalue weighted by Gasteiger charge is -2.04. The van der Waals surface area contributed by atoms with Gasteiger partial charge in [-0.05, 0) is 13.3 Å². The van der Waals surface area contributed by atoms with Crippen LogP contribution in [0, 0.1) is 0 Å². The fourth-order valence-corrected chi connectivity index (χ4v) is 1.81. The Bertz CT molecular complexity index is 558. The molecule has 0 fully saturated rings. The number of aromatic nitrogens is 2. The van der Waals surface area contributed by atoms with Crippen LogP contribution in [0.5, 0.6) is 0 Å². The van der Waals surface area contributed by atoms with Gasteiger partial charge in [0.25, 0.3) is 5.91 Å². The third-order valence-corrected chi connectivity index (χ3v) is 2.78. The maximum atomic E-state index is 12.1. The number of allylic oxidation sites excluding steroid dienone is 1. The Morgan fingerprint density at radius 3 is 2.89 bits per heavy atom. The number of H-pyrrole nitrogens is 1. The zero-order valence-corrected chi connectivity index (χ0v) is 10.9. The van der Waals surface area contributed by atoms with Gasteiger partial charge in [-0.2, -0.15) is 5.10 Å². The predicted molar refractivity (Wildman–Crippen MR) is 75.8 cm³/mol. The Hall–Kier alpha value is -2.36. The fourth-order valence-electron chi connectivity index (χ4n) is 1.81. The third kappa shape index (κ3) is 3.31. The number of aromatic amines is 1. The number of carbonyl (C=O) groups is 1. The molecule has 1 aromatic carbocycles. The summed E-state index contributed by atoms with van der Waals surface area (Å²) in [6, 6.07) is 9.71. The van der Waals surface area contributed by atoms with E-state index in [2.05, 4.69) is 15.5 Å². The molecule has 0 bridgehead atoms. The lowest BCUT2D eigenvalue weighted by atomic mass is 10.1. The Morgan fingerprint density at radius 2 is 2.16 bits per heavy atom. The quantitative estimate of drug-likeness (QED) is 0.637. The molecule has 0 radical (unpaired) electrons. The molecule has 4 nitrogen and oxygen atoms in total. The van der Waals surface area contributed by atoms with Crippen LogP contribution in [0.4, 0.5) is 0 Å². The lowest BCUT2D eigenvalue weighted by Crippen LogP contribution is -2.24. The van der Waals surface area contributed by atoms with E-state index >= 15 is 0 Å². The van der Waals surface area contributed by atoms with E-state index in [4.69, 9.17) is 0 Å². The van der Waals surface area contributed by atoms with Gasteiger partial charge < -0.3 is 5.32 Å². The molecule has 2 rings (SSSR count).